The summed E-state index contributed by atoms with van der Waals surface area (Å²) in [6.45, 7) is 2.72. The number of ether oxygens (including phenoxy) is 1. The van der Waals surface area contributed by atoms with Crippen LogP contribution in [0.5, 0.6) is 5.75 Å². The standard InChI is InChI=1S/C15H18ClFN2O2/c1-3-6-19-15(14(21-2)9-18-19)13(20)7-10-4-5-11(17)8-12(10)16/h4-5,8-9,13,20H,3,6-7H2,1-2H3. The number of hydrogen-bond donors (Lipinski definition) is 1. The minimum atomic E-state index is -0.822. The Kier molecular flexibility index (Phi) is 5.20. The van der Waals surface area contributed by atoms with Crippen LogP contribution in [0.3, 0.4) is 0 Å². The average Bonchev–Trinajstić information content (AvgIpc) is 2.85. The van der Waals surface area contributed by atoms with Gasteiger partial charge in [-0.3, -0.25) is 4.68 Å². The topological polar surface area (TPSA) is 47.3 Å². The largest absolute Gasteiger partial charge is 0.493 e. The molecule has 0 aliphatic heterocycles. The van der Waals surface area contributed by atoms with Crippen molar-refractivity contribution in [2.75, 3.05) is 7.11 Å². The van der Waals surface area contributed by atoms with Gasteiger partial charge >= 0.3 is 0 Å². The second-order valence-corrected chi connectivity index (χ2v) is 5.18. The van der Waals surface area contributed by atoms with E-state index < -0.39 is 11.9 Å². The molecule has 4 nitrogen and oxygen atoms in total. The number of hydrogen-bond acceptors (Lipinski definition) is 3. The lowest BCUT2D eigenvalue weighted by molar-refractivity contribution is 0.162. The first kappa shape index (κ1) is 15.8. The lowest BCUT2D eigenvalue weighted by atomic mass is 10.0. The van der Waals surface area contributed by atoms with E-state index in [4.69, 9.17) is 16.3 Å². The Morgan fingerprint density at radius 1 is 1.48 bits per heavy atom. The predicted octanol–water partition coefficient (Wildman–Crippen LogP) is 3.37. The third-order valence-corrected chi connectivity index (χ3v) is 3.60. The third kappa shape index (κ3) is 3.54. The number of aryl methyl sites for hydroxylation is 1. The van der Waals surface area contributed by atoms with Crippen LogP contribution in [-0.4, -0.2) is 22.0 Å². The average molecular weight is 313 g/mol. The molecule has 2 rings (SSSR count). The zero-order chi connectivity index (χ0) is 15.4. The smallest absolute Gasteiger partial charge is 0.162 e. The second kappa shape index (κ2) is 6.91. The molecule has 0 spiro atoms. The Labute approximate surface area is 128 Å². The number of halogens is 2. The lowest BCUT2D eigenvalue weighted by Gasteiger charge is -2.15. The Balaban J connectivity index is 2.27. The van der Waals surface area contributed by atoms with Crippen molar-refractivity contribution in [3.63, 3.8) is 0 Å². The molecule has 21 heavy (non-hydrogen) atoms. The summed E-state index contributed by atoms with van der Waals surface area (Å²) in [5.41, 5.74) is 1.29. The van der Waals surface area contributed by atoms with Crippen LogP contribution >= 0.6 is 11.6 Å². The molecule has 0 saturated carbocycles. The van der Waals surface area contributed by atoms with Crippen molar-refractivity contribution in [2.45, 2.75) is 32.4 Å². The summed E-state index contributed by atoms with van der Waals surface area (Å²) in [6.07, 6.45) is 1.92. The van der Waals surface area contributed by atoms with Gasteiger partial charge in [0, 0.05) is 18.0 Å². The summed E-state index contributed by atoms with van der Waals surface area (Å²) in [5.74, 6) is 0.140. The van der Waals surface area contributed by atoms with E-state index in [-0.39, 0.29) is 6.42 Å². The minimum absolute atomic E-state index is 0.269. The fraction of sp³-hybridized carbons (Fsp3) is 0.400. The third-order valence-electron chi connectivity index (χ3n) is 3.24. The summed E-state index contributed by atoms with van der Waals surface area (Å²) in [4.78, 5) is 0. The maximum Gasteiger partial charge on any atom is 0.162 e. The molecule has 0 radical (unpaired) electrons. The molecule has 1 aromatic heterocycles. The molecule has 1 N–H and O–H groups in total. The number of rotatable bonds is 6. The molecule has 1 aromatic carbocycles. The Hall–Kier alpha value is -1.59. The SMILES string of the molecule is CCCn1ncc(OC)c1C(O)Cc1ccc(F)cc1Cl. The van der Waals surface area contributed by atoms with Crippen molar-refractivity contribution in [2.24, 2.45) is 0 Å². The zero-order valence-electron chi connectivity index (χ0n) is 12.0. The molecule has 1 atom stereocenters. The van der Waals surface area contributed by atoms with E-state index in [2.05, 4.69) is 5.10 Å². The molecule has 0 bridgehead atoms. The maximum atomic E-state index is 13.1. The van der Waals surface area contributed by atoms with Crippen LogP contribution in [0.25, 0.3) is 0 Å². The molecule has 1 heterocycles. The molecule has 0 fully saturated rings. The van der Waals surface area contributed by atoms with Gasteiger partial charge in [-0.2, -0.15) is 5.10 Å². The minimum Gasteiger partial charge on any atom is -0.493 e. The number of aliphatic hydroxyl groups is 1. The Bertz CT molecular complexity index is 616. The summed E-state index contributed by atoms with van der Waals surface area (Å²) < 4.78 is 20.0. The summed E-state index contributed by atoms with van der Waals surface area (Å²) >= 11 is 6.00. The van der Waals surface area contributed by atoms with Crippen molar-refractivity contribution >= 4 is 11.6 Å². The Morgan fingerprint density at radius 3 is 2.86 bits per heavy atom. The number of methoxy groups -OCH3 is 1. The van der Waals surface area contributed by atoms with Gasteiger partial charge in [0.2, 0.25) is 0 Å². The highest BCUT2D eigenvalue weighted by molar-refractivity contribution is 6.31. The van der Waals surface area contributed by atoms with Gasteiger partial charge in [0.1, 0.15) is 17.6 Å². The van der Waals surface area contributed by atoms with Crippen molar-refractivity contribution in [1.82, 2.24) is 9.78 Å². The van der Waals surface area contributed by atoms with Crippen molar-refractivity contribution in [3.05, 3.63) is 46.5 Å². The molecule has 114 valence electrons. The van der Waals surface area contributed by atoms with Gasteiger partial charge in [-0.25, -0.2) is 4.39 Å². The maximum absolute atomic E-state index is 13.1. The van der Waals surface area contributed by atoms with E-state index in [0.717, 1.165) is 6.42 Å². The first-order valence-electron chi connectivity index (χ1n) is 6.78. The van der Waals surface area contributed by atoms with E-state index in [0.29, 0.717) is 28.6 Å². The van der Waals surface area contributed by atoms with Crippen LogP contribution < -0.4 is 4.74 Å². The first-order chi connectivity index (χ1) is 10.1. The number of aromatic nitrogens is 2. The van der Waals surface area contributed by atoms with Crippen LogP contribution in [0.15, 0.2) is 24.4 Å². The van der Waals surface area contributed by atoms with Gasteiger partial charge in [0.05, 0.1) is 13.3 Å². The molecule has 0 aliphatic rings. The lowest BCUT2D eigenvalue weighted by Crippen LogP contribution is -2.12. The molecular weight excluding hydrogens is 295 g/mol. The number of nitrogens with zero attached hydrogens (tertiary/aromatic N) is 2. The number of benzene rings is 1. The second-order valence-electron chi connectivity index (χ2n) is 4.78. The highest BCUT2D eigenvalue weighted by Crippen LogP contribution is 2.30. The van der Waals surface area contributed by atoms with Crippen LogP contribution in [0.1, 0.15) is 30.7 Å². The summed E-state index contributed by atoms with van der Waals surface area (Å²) in [6, 6.07) is 4.15. The fourth-order valence-electron chi connectivity index (χ4n) is 2.25. The fourth-order valence-corrected chi connectivity index (χ4v) is 2.50. The van der Waals surface area contributed by atoms with Crippen LogP contribution in [0.2, 0.25) is 5.02 Å². The molecule has 2 aromatic rings. The van der Waals surface area contributed by atoms with E-state index in [1.54, 1.807) is 16.9 Å². The van der Waals surface area contributed by atoms with Gasteiger partial charge in [0.25, 0.3) is 0 Å². The Morgan fingerprint density at radius 2 is 2.24 bits per heavy atom. The van der Waals surface area contributed by atoms with E-state index in [1.165, 1.54) is 19.2 Å². The molecule has 0 saturated heterocycles. The van der Waals surface area contributed by atoms with E-state index in [1.807, 2.05) is 6.92 Å². The van der Waals surface area contributed by atoms with Gasteiger partial charge < -0.3 is 9.84 Å². The van der Waals surface area contributed by atoms with Gasteiger partial charge in [-0.05, 0) is 24.1 Å². The molecular formula is C15H18ClFN2O2. The summed E-state index contributed by atoms with van der Waals surface area (Å²) in [7, 11) is 1.54. The van der Waals surface area contributed by atoms with E-state index in [9.17, 15) is 9.50 Å². The first-order valence-corrected chi connectivity index (χ1v) is 7.16. The number of aliphatic hydroxyl groups excluding tert-OH is 1. The van der Waals surface area contributed by atoms with Crippen LogP contribution in [-0.2, 0) is 13.0 Å². The molecule has 0 amide bonds. The van der Waals surface area contributed by atoms with Crippen molar-refractivity contribution in [3.8, 4) is 5.75 Å². The van der Waals surface area contributed by atoms with Gasteiger partial charge in [0.15, 0.2) is 5.75 Å². The predicted molar refractivity (Wildman–Crippen MR) is 79.1 cm³/mol. The van der Waals surface area contributed by atoms with Crippen molar-refractivity contribution < 1.29 is 14.2 Å². The van der Waals surface area contributed by atoms with E-state index >= 15 is 0 Å². The molecule has 0 aliphatic carbocycles. The normalized spacial score (nSPS) is 12.4. The molecule has 6 heteroatoms. The monoisotopic (exact) mass is 312 g/mol. The van der Waals surface area contributed by atoms with Crippen LogP contribution in [0, 0.1) is 5.82 Å². The zero-order valence-corrected chi connectivity index (χ0v) is 12.8. The van der Waals surface area contributed by atoms with Crippen LogP contribution in [0.4, 0.5) is 4.39 Å². The summed E-state index contributed by atoms with van der Waals surface area (Å²) in [5, 5.41) is 15.0. The highest BCUT2D eigenvalue weighted by atomic mass is 35.5. The quantitative estimate of drug-likeness (QED) is 0.889. The molecule has 1 unspecified atom stereocenters. The van der Waals surface area contributed by atoms with Crippen molar-refractivity contribution in [1.29, 1.82) is 0 Å². The highest BCUT2D eigenvalue weighted by Gasteiger charge is 2.21. The van der Waals surface area contributed by atoms with Gasteiger partial charge in [-0.1, -0.05) is 24.6 Å². The van der Waals surface area contributed by atoms with Gasteiger partial charge in [-0.15, -0.1) is 0 Å².